The number of nitrogens with zero attached hydrogens (tertiary/aromatic N) is 3. The Morgan fingerprint density at radius 1 is 1.30 bits per heavy atom. The fourth-order valence-corrected chi connectivity index (χ4v) is 5.12. The van der Waals surface area contributed by atoms with Crippen LogP contribution in [0.4, 0.5) is 5.13 Å². The molecule has 0 aliphatic carbocycles. The van der Waals surface area contributed by atoms with Gasteiger partial charge < -0.3 is 9.13 Å². The fourth-order valence-electron chi connectivity index (χ4n) is 4.27. The number of piperidine rings is 3. The highest BCUT2D eigenvalue weighted by Gasteiger charge is 2.57. The summed E-state index contributed by atoms with van der Waals surface area (Å²) < 4.78 is 8.10. The number of aromatic nitrogens is 1. The zero-order valence-electron chi connectivity index (χ0n) is 12.9. The van der Waals surface area contributed by atoms with Gasteiger partial charge in [-0.25, -0.2) is 9.98 Å². The summed E-state index contributed by atoms with van der Waals surface area (Å²) in [5.74, 6) is 0.574. The molecule has 5 heterocycles. The van der Waals surface area contributed by atoms with Crippen LogP contribution >= 0.6 is 11.3 Å². The third-order valence-electron chi connectivity index (χ3n) is 5.47. The van der Waals surface area contributed by atoms with Gasteiger partial charge in [-0.3, -0.25) is 5.32 Å². The Balaban J connectivity index is 1.36. The summed E-state index contributed by atoms with van der Waals surface area (Å²) in [6, 6.07) is 8.73. The number of aliphatic imine (C=N–C) groups is 1. The molecule has 2 bridgehead atoms. The summed E-state index contributed by atoms with van der Waals surface area (Å²) in [6.07, 6.45) is 2.28. The molecule has 3 saturated heterocycles. The third kappa shape index (κ3) is 2.17. The van der Waals surface area contributed by atoms with Crippen LogP contribution in [0.2, 0.25) is 0 Å². The number of nitrogens with one attached hydrogen (secondary N) is 1. The van der Waals surface area contributed by atoms with E-state index in [9.17, 15) is 0 Å². The molecule has 2 radical (unpaired) electrons. The predicted molar refractivity (Wildman–Crippen MR) is 92.7 cm³/mol. The van der Waals surface area contributed by atoms with E-state index in [-0.39, 0.29) is 5.60 Å². The van der Waals surface area contributed by atoms with Crippen LogP contribution in [-0.4, -0.2) is 55.2 Å². The number of fused-ring (bicyclic) bond motifs is 3. The fraction of sp³-hybridized carbons (Fsp3) is 0.500. The molecule has 6 rings (SSSR count). The molecule has 1 spiro atoms. The van der Waals surface area contributed by atoms with Gasteiger partial charge in [-0.2, -0.15) is 0 Å². The molecule has 2 aromatic rings. The molecule has 3 fully saturated rings. The Morgan fingerprint density at radius 2 is 2.13 bits per heavy atom. The maximum absolute atomic E-state index is 6.48. The lowest BCUT2D eigenvalue weighted by Gasteiger charge is -2.55. The number of hydrogen-bond donors (Lipinski definition) is 1. The van der Waals surface area contributed by atoms with Crippen molar-refractivity contribution >= 4 is 40.7 Å². The molecular formula is C16H18BN4OS+. The molecule has 1 N–H and O–H groups in total. The number of benzene rings is 1. The highest BCUT2D eigenvalue weighted by atomic mass is 32.1. The van der Waals surface area contributed by atoms with Crippen molar-refractivity contribution in [2.45, 2.75) is 18.4 Å². The first kappa shape index (κ1) is 13.8. The summed E-state index contributed by atoms with van der Waals surface area (Å²) in [5, 5.41) is 4.09. The number of amidine groups is 1. The molecule has 23 heavy (non-hydrogen) atoms. The van der Waals surface area contributed by atoms with Gasteiger partial charge in [0.1, 0.15) is 6.54 Å². The second kappa shape index (κ2) is 4.71. The first-order chi connectivity index (χ1) is 11.1. The van der Waals surface area contributed by atoms with Crippen LogP contribution in [-0.2, 0) is 4.74 Å². The smallest absolute Gasteiger partial charge is 0.450 e. The number of para-hydroxylation sites is 1. The minimum absolute atomic E-state index is 0.204. The average Bonchev–Trinajstić information content (AvgIpc) is 3.11. The number of hydrogen-bond acceptors (Lipinski definition) is 5. The lowest BCUT2D eigenvalue weighted by molar-refractivity contribution is -0.845. The molecule has 4 aliphatic heterocycles. The van der Waals surface area contributed by atoms with Gasteiger partial charge in [0.25, 0.3) is 6.02 Å². The van der Waals surface area contributed by atoms with Crippen molar-refractivity contribution in [1.29, 1.82) is 0 Å². The Labute approximate surface area is 140 Å². The van der Waals surface area contributed by atoms with E-state index in [1.807, 2.05) is 18.2 Å². The Kier molecular flexibility index (Phi) is 2.83. The van der Waals surface area contributed by atoms with Crippen molar-refractivity contribution in [3.8, 4) is 0 Å². The molecule has 1 unspecified atom stereocenters. The Hall–Kier alpha value is -1.60. The Bertz CT molecular complexity index is 765. The highest BCUT2D eigenvalue weighted by molar-refractivity contribution is 7.22. The number of rotatable bonds is 1. The quantitative estimate of drug-likeness (QED) is 0.818. The van der Waals surface area contributed by atoms with Gasteiger partial charge in [-0.15, -0.1) is 0 Å². The van der Waals surface area contributed by atoms with Crippen molar-refractivity contribution in [2.24, 2.45) is 10.9 Å². The van der Waals surface area contributed by atoms with Crippen molar-refractivity contribution in [3.05, 3.63) is 24.3 Å². The summed E-state index contributed by atoms with van der Waals surface area (Å²) >= 11 is 1.62. The molecular weight excluding hydrogens is 307 g/mol. The SMILES string of the molecule is [B][N+]12CCC(CC1)C1(CN=C(Nc3nc4ccccc4s3)O1)C2. The van der Waals surface area contributed by atoms with Gasteiger partial charge in [-0.1, -0.05) is 23.5 Å². The van der Waals surface area contributed by atoms with E-state index in [1.54, 1.807) is 11.3 Å². The lowest BCUT2D eigenvalue weighted by atomic mass is 9.72. The maximum atomic E-state index is 6.48. The van der Waals surface area contributed by atoms with Crippen LogP contribution in [0, 0.1) is 5.92 Å². The van der Waals surface area contributed by atoms with E-state index >= 15 is 0 Å². The topological polar surface area (TPSA) is 46.5 Å². The second-order valence-electron chi connectivity index (χ2n) is 7.00. The molecule has 0 saturated carbocycles. The van der Waals surface area contributed by atoms with Gasteiger partial charge in [0.05, 0.1) is 29.9 Å². The van der Waals surface area contributed by atoms with Gasteiger partial charge in [0.15, 0.2) is 10.7 Å². The van der Waals surface area contributed by atoms with Crippen molar-refractivity contribution < 1.29 is 9.13 Å². The van der Waals surface area contributed by atoms with E-state index in [0.29, 0.717) is 22.9 Å². The third-order valence-corrected chi connectivity index (χ3v) is 6.42. The second-order valence-corrected chi connectivity index (χ2v) is 8.03. The standard InChI is InChI=1S/C16H18BN4OS/c17-21-7-5-11(6-8-21)16(10-21)9-18-14(22-16)20-15-19-12-3-1-2-4-13(12)23-15/h1-4,11H,5-10H2,(H,18,19,20)/q+1. The maximum Gasteiger partial charge on any atom is 0.481 e. The van der Waals surface area contributed by atoms with Crippen molar-refractivity contribution in [2.75, 3.05) is 31.5 Å². The van der Waals surface area contributed by atoms with E-state index in [2.05, 4.69) is 21.4 Å². The molecule has 1 aromatic heterocycles. The number of ether oxygens (including phenoxy) is 1. The molecule has 7 heteroatoms. The van der Waals surface area contributed by atoms with Gasteiger partial charge >= 0.3 is 7.98 Å². The van der Waals surface area contributed by atoms with Crippen LogP contribution in [0.25, 0.3) is 10.2 Å². The van der Waals surface area contributed by atoms with Crippen LogP contribution in [0.5, 0.6) is 0 Å². The van der Waals surface area contributed by atoms with E-state index in [1.165, 1.54) is 0 Å². The first-order valence-electron chi connectivity index (χ1n) is 8.15. The van der Waals surface area contributed by atoms with E-state index < -0.39 is 0 Å². The first-order valence-corrected chi connectivity index (χ1v) is 8.97. The summed E-state index contributed by atoms with van der Waals surface area (Å²) in [7, 11) is 6.48. The van der Waals surface area contributed by atoms with Gasteiger partial charge in [-0.05, 0) is 12.1 Å². The van der Waals surface area contributed by atoms with Crippen molar-refractivity contribution in [1.82, 2.24) is 4.98 Å². The van der Waals surface area contributed by atoms with E-state index in [0.717, 1.165) is 47.8 Å². The highest BCUT2D eigenvalue weighted by Crippen LogP contribution is 2.43. The molecule has 1 aromatic carbocycles. The minimum Gasteiger partial charge on any atom is -0.450 e. The number of quaternary nitrogens is 1. The molecule has 0 amide bonds. The average molecular weight is 325 g/mol. The van der Waals surface area contributed by atoms with E-state index in [4.69, 9.17) is 12.7 Å². The number of thiazole rings is 1. The minimum atomic E-state index is -0.204. The number of anilines is 1. The summed E-state index contributed by atoms with van der Waals surface area (Å²) in [5.41, 5.74) is 0.798. The molecule has 5 nitrogen and oxygen atoms in total. The van der Waals surface area contributed by atoms with Crippen LogP contribution < -0.4 is 5.32 Å². The zero-order valence-corrected chi connectivity index (χ0v) is 13.7. The summed E-state index contributed by atoms with van der Waals surface area (Å²) in [4.78, 5) is 9.20. The largest absolute Gasteiger partial charge is 0.481 e. The van der Waals surface area contributed by atoms with Crippen LogP contribution in [0.1, 0.15) is 12.8 Å². The monoisotopic (exact) mass is 325 g/mol. The van der Waals surface area contributed by atoms with Gasteiger partial charge in [0, 0.05) is 18.8 Å². The molecule has 1 atom stereocenters. The van der Waals surface area contributed by atoms with Crippen molar-refractivity contribution in [3.63, 3.8) is 0 Å². The zero-order chi connectivity index (χ0) is 15.5. The molecule has 4 aliphatic rings. The van der Waals surface area contributed by atoms with Crippen LogP contribution in [0.3, 0.4) is 0 Å². The lowest BCUT2D eigenvalue weighted by Crippen LogP contribution is -2.69. The van der Waals surface area contributed by atoms with Crippen LogP contribution in [0.15, 0.2) is 29.3 Å². The predicted octanol–water partition coefficient (Wildman–Crippen LogP) is 2.16. The normalized spacial score (nSPS) is 35.5. The Morgan fingerprint density at radius 3 is 2.91 bits per heavy atom. The van der Waals surface area contributed by atoms with Gasteiger partial charge in [0.2, 0.25) is 0 Å². The molecule has 116 valence electrons. The summed E-state index contributed by atoms with van der Waals surface area (Å²) in [6.45, 7) is 3.71.